The SMILES string of the molecule is O=C(CSc1[nH]c2ccccc2[n+]1S(=O)(=O)c1ccccc1)NC1=NN(c2ccccc2)C(=O)C1. The van der Waals surface area contributed by atoms with Crippen molar-refractivity contribution < 1.29 is 22.0 Å². The number of fused-ring (bicyclic) bond motifs is 1. The van der Waals surface area contributed by atoms with E-state index in [0.717, 1.165) is 11.8 Å². The Morgan fingerprint density at radius 1 is 1.00 bits per heavy atom. The van der Waals surface area contributed by atoms with E-state index in [1.165, 1.54) is 21.1 Å². The molecular formula is C24H20N5O4S2+. The van der Waals surface area contributed by atoms with E-state index >= 15 is 0 Å². The molecule has 0 radical (unpaired) electrons. The second-order valence-electron chi connectivity index (χ2n) is 7.63. The fraction of sp³-hybridized carbons (Fsp3) is 0.0833. The highest BCUT2D eigenvalue weighted by atomic mass is 32.2. The molecule has 0 spiro atoms. The van der Waals surface area contributed by atoms with Gasteiger partial charge < -0.3 is 5.32 Å². The maximum atomic E-state index is 13.4. The third-order valence-electron chi connectivity index (χ3n) is 5.23. The van der Waals surface area contributed by atoms with Crippen LogP contribution in [0.3, 0.4) is 0 Å². The molecule has 0 saturated heterocycles. The van der Waals surface area contributed by atoms with Gasteiger partial charge in [-0.15, -0.1) is 3.97 Å². The van der Waals surface area contributed by atoms with Gasteiger partial charge in [-0.2, -0.15) is 18.5 Å². The molecule has 0 saturated carbocycles. The molecule has 2 heterocycles. The van der Waals surface area contributed by atoms with E-state index in [9.17, 15) is 18.0 Å². The average Bonchev–Trinajstić information content (AvgIpc) is 3.44. The van der Waals surface area contributed by atoms with Gasteiger partial charge in [0, 0.05) is 0 Å². The van der Waals surface area contributed by atoms with E-state index in [4.69, 9.17) is 0 Å². The number of hydrogen-bond acceptors (Lipinski definition) is 6. The minimum absolute atomic E-state index is 0.0277. The molecule has 11 heteroatoms. The number of amidine groups is 1. The zero-order chi connectivity index (χ0) is 24.4. The smallest absolute Gasteiger partial charge is 0.312 e. The van der Waals surface area contributed by atoms with Crippen LogP contribution >= 0.6 is 11.8 Å². The van der Waals surface area contributed by atoms with Gasteiger partial charge in [0.05, 0.1) is 17.9 Å². The largest absolute Gasteiger partial charge is 0.336 e. The first-order chi connectivity index (χ1) is 16.9. The monoisotopic (exact) mass is 506 g/mol. The summed E-state index contributed by atoms with van der Waals surface area (Å²) in [7, 11) is -3.91. The van der Waals surface area contributed by atoms with Crippen molar-refractivity contribution in [2.45, 2.75) is 16.5 Å². The molecule has 35 heavy (non-hydrogen) atoms. The molecule has 5 rings (SSSR count). The number of hydrazone groups is 1. The molecule has 2 amide bonds. The van der Waals surface area contributed by atoms with E-state index in [0.29, 0.717) is 21.9 Å². The second-order valence-corrected chi connectivity index (χ2v) is 10.4. The first-order valence-corrected chi connectivity index (χ1v) is 13.1. The van der Waals surface area contributed by atoms with Crippen molar-refractivity contribution in [3.8, 4) is 0 Å². The minimum atomic E-state index is -3.91. The molecule has 176 valence electrons. The Morgan fingerprint density at radius 3 is 2.40 bits per heavy atom. The molecule has 0 atom stereocenters. The number of benzene rings is 3. The van der Waals surface area contributed by atoms with Crippen molar-refractivity contribution in [3.63, 3.8) is 0 Å². The van der Waals surface area contributed by atoms with E-state index in [1.54, 1.807) is 66.7 Å². The van der Waals surface area contributed by atoms with Gasteiger partial charge in [0.1, 0.15) is 10.7 Å². The highest BCUT2D eigenvalue weighted by Crippen LogP contribution is 2.22. The standard InChI is InChI=1S/C24H19N5O4S2/c30-22(26-21-15-23(31)28(27-21)17-9-3-1-4-10-17)16-34-24-25-19-13-7-8-14-20(19)29(24)35(32,33)18-11-5-2-6-12-18/h1-14H,15-16H2,(H,26,27,30)/p+1. The van der Waals surface area contributed by atoms with Gasteiger partial charge in [-0.05, 0) is 48.2 Å². The maximum Gasteiger partial charge on any atom is 0.336 e. The lowest BCUT2D eigenvalue weighted by Crippen LogP contribution is -2.44. The molecule has 0 unspecified atom stereocenters. The summed E-state index contributed by atoms with van der Waals surface area (Å²) in [6, 6.07) is 24.1. The molecule has 9 nitrogen and oxygen atoms in total. The van der Waals surface area contributed by atoms with Crippen LogP contribution in [0.25, 0.3) is 11.0 Å². The number of nitrogens with zero attached hydrogens (tertiary/aromatic N) is 3. The summed E-state index contributed by atoms with van der Waals surface area (Å²) in [4.78, 5) is 28.2. The highest BCUT2D eigenvalue weighted by molar-refractivity contribution is 8.00. The van der Waals surface area contributed by atoms with E-state index in [1.807, 2.05) is 6.07 Å². The Kier molecular flexibility index (Phi) is 6.10. The lowest BCUT2D eigenvalue weighted by Gasteiger charge is -2.10. The number of imidazole rings is 1. The van der Waals surface area contributed by atoms with Crippen LogP contribution in [0.1, 0.15) is 6.42 Å². The third kappa shape index (κ3) is 4.55. The van der Waals surface area contributed by atoms with Crippen molar-refractivity contribution in [2.24, 2.45) is 5.10 Å². The number of anilines is 1. The van der Waals surface area contributed by atoms with Gasteiger partial charge in [-0.25, -0.2) is 4.98 Å². The summed E-state index contributed by atoms with van der Waals surface area (Å²) in [5, 5.41) is 8.42. The van der Waals surface area contributed by atoms with Crippen LogP contribution in [0.2, 0.25) is 0 Å². The molecule has 2 N–H and O–H groups in total. The molecule has 4 aromatic rings. The van der Waals surface area contributed by atoms with Crippen LogP contribution in [0, 0.1) is 0 Å². The molecule has 1 aliphatic rings. The normalized spacial score (nSPS) is 13.8. The van der Waals surface area contributed by atoms with Crippen LogP contribution in [-0.2, 0) is 19.6 Å². The first-order valence-electron chi connectivity index (χ1n) is 10.6. The van der Waals surface area contributed by atoms with Gasteiger partial charge in [-0.3, -0.25) is 9.59 Å². The topological polar surface area (TPSA) is 116 Å². The van der Waals surface area contributed by atoms with E-state index < -0.39 is 15.9 Å². The number of carbonyl (C=O) groups excluding carboxylic acids is 2. The van der Waals surface area contributed by atoms with Crippen molar-refractivity contribution >= 4 is 56.2 Å². The number of rotatable bonds is 6. The quantitative estimate of drug-likeness (QED) is 0.308. The molecule has 0 bridgehead atoms. The number of H-pyrrole nitrogens is 1. The summed E-state index contributed by atoms with van der Waals surface area (Å²) in [6.45, 7) is 0. The van der Waals surface area contributed by atoms with Crippen molar-refractivity contribution in [1.82, 2.24) is 10.3 Å². The van der Waals surface area contributed by atoms with Gasteiger partial charge in [0.2, 0.25) is 5.91 Å². The molecule has 1 aliphatic heterocycles. The van der Waals surface area contributed by atoms with Gasteiger partial charge in [0.15, 0.2) is 11.0 Å². The Bertz CT molecular complexity index is 1550. The highest BCUT2D eigenvalue weighted by Gasteiger charge is 2.32. The number of aromatic amines is 1. The van der Waals surface area contributed by atoms with Crippen molar-refractivity contribution in [3.05, 3.63) is 84.9 Å². The van der Waals surface area contributed by atoms with Crippen LogP contribution in [0.4, 0.5) is 5.69 Å². The van der Waals surface area contributed by atoms with Crippen LogP contribution in [0.15, 0.2) is 100 Å². The minimum Gasteiger partial charge on any atom is -0.312 e. The van der Waals surface area contributed by atoms with Crippen LogP contribution < -0.4 is 14.3 Å². The summed E-state index contributed by atoms with van der Waals surface area (Å²) < 4.78 is 28.1. The number of para-hydroxylation sites is 3. The fourth-order valence-corrected chi connectivity index (χ4v) is 6.25. The zero-order valence-corrected chi connectivity index (χ0v) is 19.9. The molecule has 0 fully saturated rings. The summed E-state index contributed by atoms with van der Waals surface area (Å²) >= 11 is 1.05. The Balaban J connectivity index is 1.36. The number of aromatic nitrogens is 2. The van der Waals surface area contributed by atoms with E-state index in [-0.39, 0.29) is 28.8 Å². The van der Waals surface area contributed by atoms with Gasteiger partial charge >= 0.3 is 15.2 Å². The summed E-state index contributed by atoms with van der Waals surface area (Å²) in [5.74, 6) is -0.499. The van der Waals surface area contributed by atoms with Crippen LogP contribution in [-0.4, -0.2) is 36.8 Å². The Morgan fingerprint density at radius 2 is 1.66 bits per heavy atom. The average molecular weight is 507 g/mol. The summed E-state index contributed by atoms with van der Waals surface area (Å²) in [6.07, 6.45) is -0.0277. The molecule has 1 aromatic heterocycles. The number of nitrogens with one attached hydrogen (secondary N) is 2. The van der Waals surface area contributed by atoms with Crippen molar-refractivity contribution in [2.75, 3.05) is 10.8 Å². The zero-order valence-electron chi connectivity index (χ0n) is 18.3. The second kappa shape index (κ2) is 9.35. The molecule has 3 aromatic carbocycles. The first kappa shape index (κ1) is 22.8. The Labute approximate surface area is 205 Å². The predicted octanol–water partition coefficient (Wildman–Crippen LogP) is 2.65. The van der Waals surface area contributed by atoms with Crippen molar-refractivity contribution in [1.29, 1.82) is 0 Å². The predicted molar refractivity (Wildman–Crippen MR) is 132 cm³/mol. The lowest BCUT2D eigenvalue weighted by atomic mass is 10.3. The number of amides is 2. The van der Waals surface area contributed by atoms with Crippen LogP contribution in [0.5, 0.6) is 0 Å². The van der Waals surface area contributed by atoms with Gasteiger partial charge in [0.25, 0.3) is 5.91 Å². The third-order valence-corrected chi connectivity index (χ3v) is 8.04. The number of hydrogen-bond donors (Lipinski definition) is 2. The Hall–Kier alpha value is -3.96. The van der Waals surface area contributed by atoms with Gasteiger partial charge in [-0.1, -0.05) is 48.5 Å². The number of thioether (sulfide) groups is 1. The van der Waals surface area contributed by atoms with E-state index in [2.05, 4.69) is 15.4 Å². The lowest BCUT2D eigenvalue weighted by molar-refractivity contribution is -0.526. The maximum absolute atomic E-state index is 13.4. The fourth-order valence-electron chi connectivity index (χ4n) is 3.66. The molecular weight excluding hydrogens is 486 g/mol. The number of carbonyl (C=O) groups is 2. The molecule has 0 aliphatic carbocycles. The summed E-state index contributed by atoms with van der Waals surface area (Å²) in [5.41, 5.74) is 1.71.